The Labute approximate surface area is 170 Å². The van der Waals surface area contributed by atoms with Gasteiger partial charge in [-0.3, -0.25) is 4.79 Å². The van der Waals surface area contributed by atoms with Gasteiger partial charge in [-0.05, 0) is 73.9 Å². The van der Waals surface area contributed by atoms with Crippen molar-refractivity contribution in [3.63, 3.8) is 0 Å². The summed E-state index contributed by atoms with van der Waals surface area (Å²) in [5.41, 5.74) is 0.696. The molecule has 5 nitrogen and oxygen atoms in total. The minimum Gasteiger partial charge on any atom is -0.444 e. The quantitative estimate of drug-likeness (QED) is 0.444. The lowest BCUT2D eigenvalue weighted by Gasteiger charge is -2.26. The zero-order valence-corrected chi connectivity index (χ0v) is 18.4. The Kier molecular flexibility index (Phi) is 9.12. The number of nitrogens with zero attached hydrogens (tertiary/aromatic N) is 2. The zero-order valence-electron chi connectivity index (χ0n) is 16.3. The molecule has 2 amide bonds. The zero-order chi connectivity index (χ0) is 19.7. The molecular formula is C20H29IN2O3. The van der Waals surface area contributed by atoms with E-state index in [0.29, 0.717) is 13.1 Å². The second kappa shape index (κ2) is 10.5. The fourth-order valence-electron chi connectivity index (χ4n) is 2.14. The molecule has 0 radical (unpaired) electrons. The maximum absolute atomic E-state index is 12.4. The average molecular weight is 472 g/mol. The monoisotopic (exact) mass is 472 g/mol. The van der Waals surface area contributed by atoms with Crippen molar-refractivity contribution in [2.24, 2.45) is 0 Å². The van der Waals surface area contributed by atoms with Crippen molar-refractivity contribution in [3.05, 3.63) is 45.6 Å². The van der Waals surface area contributed by atoms with Gasteiger partial charge in [0, 0.05) is 36.8 Å². The van der Waals surface area contributed by atoms with E-state index in [9.17, 15) is 9.59 Å². The van der Waals surface area contributed by atoms with Crippen LogP contribution in [0.1, 0.15) is 32.8 Å². The smallest absolute Gasteiger partial charge is 0.410 e. The van der Waals surface area contributed by atoms with E-state index in [1.54, 1.807) is 25.1 Å². The van der Waals surface area contributed by atoms with Gasteiger partial charge in [0.1, 0.15) is 5.60 Å². The van der Waals surface area contributed by atoms with Crippen molar-refractivity contribution in [2.45, 2.75) is 39.2 Å². The molecule has 1 rings (SSSR count). The third-order valence-corrected chi connectivity index (χ3v) is 4.20. The van der Waals surface area contributed by atoms with E-state index < -0.39 is 5.60 Å². The van der Waals surface area contributed by atoms with Crippen LogP contribution >= 0.6 is 22.6 Å². The maximum Gasteiger partial charge on any atom is 0.410 e. The highest BCUT2D eigenvalue weighted by Crippen LogP contribution is 2.12. The first-order valence-corrected chi connectivity index (χ1v) is 9.76. The highest BCUT2D eigenvalue weighted by Gasteiger charge is 2.21. The molecule has 0 N–H and O–H groups in total. The van der Waals surface area contributed by atoms with Gasteiger partial charge in [-0.15, -0.1) is 0 Å². The van der Waals surface area contributed by atoms with Crippen LogP contribution in [0, 0.1) is 3.57 Å². The molecule has 0 aliphatic rings. The Hall–Kier alpha value is -1.57. The van der Waals surface area contributed by atoms with Crippen molar-refractivity contribution >= 4 is 34.6 Å². The average Bonchev–Trinajstić information content (AvgIpc) is 2.53. The summed E-state index contributed by atoms with van der Waals surface area (Å²) in [4.78, 5) is 27.2. The van der Waals surface area contributed by atoms with Crippen LogP contribution in [-0.4, -0.2) is 54.6 Å². The molecule has 1 aromatic carbocycles. The second-order valence-electron chi connectivity index (χ2n) is 7.29. The van der Waals surface area contributed by atoms with Crippen LogP contribution < -0.4 is 0 Å². The topological polar surface area (TPSA) is 49.9 Å². The molecule has 6 heteroatoms. The molecule has 1 aromatic rings. The number of hydrogen-bond acceptors (Lipinski definition) is 3. The molecule has 0 fully saturated rings. The number of likely N-dealkylation sites (N-methyl/N-ethyl adjacent to an activating group) is 1. The fourth-order valence-corrected chi connectivity index (χ4v) is 2.50. The lowest BCUT2D eigenvalue weighted by atomic mass is 10.1. The van der Waals surface area contributed by atoms with Gasteiger partial charge in [-0.25, -0.2) is 4.79 Å². The summed E-state index contributed by atoms with van der Waals surface area (Å²) in [7, 11) is 3.39. The highest BCUT2D eigenvalue weighted by molar-refractivity contribution is 14.1. The van der Waals surface area contributed by atoms with Crippen LogP contribution in [0.3, 0.4) is 0 Å². The number of benzene rings is 1. The first-order chi connectivity index (χ1) is 12.1. The SMILES string of the molecule is CN(C)C(=O)/C=C/CN(CCCc1ccc(I)cc1)C(=O)OC(C)(C)C. The van der Waals surface area contributed by atoms with Gasteiger partial charge in [-0.1, -0.05) is 18.2 Å². The predicted molar refractivity (Wildman–Crippen MR) is 113 cm³/mol. The third kappa shape index (κ3) is 9.22. The van der Waals surface area contributed by atoms with Gasteiger partial charge in [0.05, 0.1) is 0 Å². The van der Waals surface area contributed by atoms with Gasteiger partial charge >= 0.3 is 6.09 Å². The normalized spacial score (nSPS) is 11.5. The molecule has 0 bridgehead atoms. The molecular weight excluding hydrogens is 443 g/mol. The summed E-state index contributed by atoms with van der Waals surface area (Å²) < 4.78 is 6.69. The van der Waals surface area contributed by atoms with Gasteiger partial charge in [-0.2, -0.15) is 0 Å². The Balaban J connectivity index is 2.65. The predicted octanol–water partition coefficient (Wildman–Crippen LogP) is 4.11. The van der Waals surface area contributed by atoms with Gasteiger partial charge in [0.2, 0.25) is 5.91 Å². The van der Waals surface area contributed by atoms with Crippen molar-refractivity contribution in [1.82, 2.24) is 9.80 Å². The van der Waals surface area contributed by atoms with Gasteiger partial charge < -0.3 is 14.5 Å². The van der Waals surface area contributed by atoms with Crippen molar-refractivity contribution in [2.75, 3.05) is 27.2 Å². The first kappa shape index (κ1) is 22.5. The standard InChI is InChI=1S/C20H29IN2O3/c1-20(2,3)26-19(25)23(15-7-9-18(24)22(4)5)14-6-8-16-10-12-17(21)13-11-16/h7,9-13H,6,8,14-15H2,1-5H3/b9-7+. The van der Waals surface area contributed by atoms with E-state index in [4.69, 9.17) is 4.74 Å². The molecule has 0 heterocycles. The van der Waals surface area contributed by atoms with Crippen LogP contribution in [0.15, 0.2) is 36.4 Å². The van der Waals surface area contributed by atoms with Gasteiger partial charge in [0.15, 0.2) is 0 Å². The van der Waals surface area contributed by atoms with E-state index in [0.717, 1.165) is 12.8 Å². The first-order valence-electron chi connectivity index (χ1n) is 8.68. The van der Waals surface area contributed by atoms with Crippen LogP contribution in [0.5, 0.6) is 0 Å². The van der Waals surface area contributed by atoms with Crippen molar-refractivity contribution in [3.8, 4) is 0 Å². The second-order valence-corrected chi connectivity index (χ2v) is 8.54. The number of aryl methyl sites for hydroxylation is 1. The van der Waals surface area contributed by atoms with E-state index in [1.165, 1.54) is 20.1 Å². The summed E-state index contributed by atoms with van der Waals surface area (Å²) in [6, 6.07) is 8.37. The minimum absolute atomic E-state index is 0.104. The van der Waals surface area contributed by atoms with E-state index in [2.05, 4.69) is 46.9 Å². The molecule has 0 atom stereocenters. The molecule has 0 spiro atoms. The summed E-state index contributed by atoms with van der Waals surface area (Å²) in [5, 5.41) is 0. The molecule has 26 heavy (non-hydrogen) atoms. The van der Waals surface area contributed by atoms with Crippen molar-refractivity contribution in [1.29, 1.82) is 0 Å². The van der Waals surface area contributed by atoms with Crippen molar-refractivity contribution < 1.29 is 14.3 Å². The molecule has 0 saturated carbocycles. The lowest BCUT2D eigenvalue weighted by molar-refractivity contribution is -0.123. The van der Waals surface area contributed by atoms with Crippen LogP contribution in [0.4, 0.5) is 4.79 Å². The maximum atomic E-state index is 12.4. The molecule has 0 aliphatic carbocycles. The lowest BCUT2D eigenvalue weighted by Crippen LogP contribution is -2.37. The Morgan fingerprint density at radius 2 is 1.77 bits per heavy atom. The van der Waals surface area contributed by atoms with E-state index in [-0.39, 0.29) is 12.0 Å². The Morgan fingerprint density at radius 1 is 1.15 bits per heavy atom. The molecule has 0 aromatic heterocycles. The largest absolute Gasteiger partial charge is 0.444 e. The number of carbonyl (C=O) groups excluding carboxylic acids is 2. The number of rotatable bonds is 7. The molecule has 0 aliphatic heterocycles. The summed E-state index contributed by atoms with van der Waals surface area (Å²) >= 11 is 2.28. The minimum atomic E-state index is -0.547. The summed E-state index contributed by atoms with van der Waals surface area (Å²) in [6.45, 7) is 6.46. The Morgan fingerprint density at radius 3 is 2.31 bits per heavy atom. The number of carbonyl (C=O) groups is 2. The fraction of sp³-hybridized carbons (Fsp3) is 0.500. The van der Waals surface area contributed by atoms with E-state index >= 15 is 0 Å². The number of hydrogen-bond donors (Lipinski definition) is 0. The third-order valence-electron chi connectivity index (χ3n) is 3.49. The van der Waals surface area contributed by atoms with Gasteiger partial charge in [0.25, 0.3) is 0 Å². The molecule has 0 unspecified atom stereocenters. The summed E-state index contributed by atoms with van der Waals surface area (Å²) in [6.07, 6.45) is 4.54. The van der Waals surface area contributed by atoms with Crippen LogP contribution in [0.25, 0.3) is 0 Å². The number of halogens is 1. The van der Waals surface area contributed by atoms with Crippen LogP contribution in [-0.2, 0) is 16.0 Å². The van der Waals surface area contributed by atoms with E-state index in [1.807, 2.05) is 20.8 Å². The van der Waals surface area contributed by atoms with Crippen LogP contribution in [0.2, 0.25) is 0 Å². The molecule has 0 saturated heterocycles. The number of ether oxygens (including phenoxy) is 1. The molecule has 144 valence electrons. The summed E-state index contributed by atoms with van der Waals surface area (Å²) in [5.74, 6) is -0.104. The number of amides is 2. The highest BCUT2D eigenvalue weighted by atomic mass is 127. The Bertz CT molecular complexity index is 619.